The summed E-state index contributed by atoms with van der Waals surface area (Å²) >= 11 is 7.56. The fraction of sp³-hybridized carbons (Fsp3) is 0.200. The second-order valence-electron chi connectivity index (χ2n) is 2.88. The van der Waals surface area contributed by atoms with Crippen molar-refractivity contribution in [1.29, 1.82) is 0 Å². The molecule has 0 aliphatic heterocycles. The molecule has 0 saturated carbocycles. The smallest absolute Gasteiger partial charge is 0.133 e. The molecule has 74 valence electrons. The first-order chi connectivity index (χ1) is 6.76. The molecular formula is C10H8BrIOS. The second kappa shape index (κ2) is 4.37. The van der Waals surface area contributed by atoms with Crippen molar-refractivity contribution in [3.05, 3.63) is 26.6 Å². The Morgan fingerprint density at radius 3 is 2.93 bits per heavy atom. The number of thiophene rings is 1. The van der Waals surface area contributed by atoms with Gasteiger partial charge in [0.15, 0.2) is 0 Å². The van der Waals surface area contributed by atoms with E-state index < -0.39 is 0 Å². The average Bonchev–Trinajstić information content (AvgIpc) is 2.58. The number of alkyl halides is 1. The SMILES string of the molecule is COc1cc2scc(CBr)c2cc1I. The van der Waals surface area contributed by atoms with Gasteiger partial charge in [0.2, 0.25) is 0 Å². The van der Waals surface area contributed by atoms with Crippen LogP contribution in [0.5, 0.6) is 5.75 Å². The van der Waals surface area contributed by atoms with Gasteiger partial charge >= 0.3 is 0 Å². The van der Waals surface area contributed by atoms with Gasteiger partial charge in [-0.1, -0.05) is 15.9 Å². The molecule has 0 bridgehead atoms. The quantitative estimate of drug-likeness (QED) is 0.552. The Bertz CT molecular complexity index is 466. The second-order valence-corrected chi connectivity index (χ2v) is 5.51. The minimum atomic E-state index is 0.912. The first-order valence-corrected chi connectivity index (χ1v) is 7.14. The normalized spacial score (nSPS) is 10.8. The summed E-state index contributed by atoms with van der Waals surface area (Å²) in [4.78, 5) is 0. The van der Waals surface area contributed by atoms with E-state index in [1.54, 1.807) is 18.4 Å². The van der Waals surface area contributed by atoms with Crippen LogP contribution in [0.3, 0.4) is 0 Å². The van der Waals surface area contributed by atoms with E-state index in [4.69, 9.17) is 4.74 Å². The highest BCUT2D eigenvalue weighted by Gasteiger charge is 2.07. The van der Waals surface area contributed by atoms with Gasteiger partial charge in [-0.25, -0.2) is 0 Å². The van der Waals surface area contributed by atoms with E-state index in [0.29, 0.717) is 0 Å². The first-order valence-electron chi connectivity index (χ1n) is 4.06. The number of fused-ring (bicyclic) bond motifs is 1. The largest absolute Gasteiger partial charge is 0.496 e. The number of hydrogen-bond donors (Lipinski definition) is 0. The maximum atomic E-state index is 5.28. The molecule has 1 nitrogen and oxygen atoms in total. The van der Waals surface area contributed by atoms with Crippen LogP contribution in [-0.2, 0) is 5.33 Å². The van der Waals surface area contributed by atoms with Crippen molar-refractivity contribution in [2.75, 3.05) is 7.11 Å². The Labute approximate surface area is 109 Å². The predicted molar refractivity (Wildman–Crippen MR) is 73.7 cm³/mol. The van der Waals surface area contributed by atoms with Crippen molar-refractivity contribution in [1.82, 2.24) is 0 Å². The van der Waals surface area contributed by atoms with Crippen molar-refractivity contribution < 1.29 is 4.74 Å². The number of methoxy groups -OCH3 is 1. The lowest BCUT2D eigenvalue weighted by Crippen LogP contribution is -1.86. The zero-order valence-corrected chi connectivity index (χ0v) is 12.1. The zero-order chi connectivity index (χ0) is 10.1. The van der Waals surface area contributed by atoms with Crippen molar-refractivity contribution in [2.24, 2.45) is 0 Å². The summed E-state index contributed by atoms with van der Waals surface area (Å²) in [6.45, 7) is 0. The Morgan fingerprint density at radius 1 is 1.50 bits per heavy atom. The van der Waals surface area contributed by atoms with E-state index in [1.807, 2.05) is 0 Å². The van der Waals surface area contributed by atoms with Gasteiger partial charge in [0.1, 0.15) is 5.75 Å². The van der Waals surface area contributed by atoms with Gasteiger partial charge in [0, 0.05) is 10.0 Å². The van der Waals surface area contributed by atoms with Crippen LogP contribution in [0, 0.1) is 3.57 Å². The Kier molecular flexibility index (Phi) is 3.34. The van der Waals surface area contributed by atoms with Gasteiger partial charge in [-0.15, -0.1) is 11.3 Å². The minimum absolute atomic E-state index is 0.912. The number of rotatable bonds is 2. The summed E-state index contributed by atoms with van der Waals surface area (Å²) in [5.41, 5.74) is 1.35. The molecule has 0 amide bonds. The molecule has 14 heavy (non-hydrogen) atoms. The van der Waals surface area contributed by atoms with E-state index in [2.05, 4.69) is 56.0 Å². The van der Waals surface area contributed by atoms with E-state index in [-0.39, 0.29) is 0 Å². The molecule has 0 radical (unpaired) electrons. The summed E-state index contributed by atoms with van der Waals surface area (Å²) in [7, 11) is 1.71. The van der Waals surface area contributed by atoms with Crippen LogP contribution in [0.1, 0.15) is 5.56 Å². The van der Waals surface area contributed by atoms with E-state index in [1.165, 1.54) is 19.2 Å². The molecule has 4 heteroatoms. The summed E-state index contributed by atoms with van der Waals surface area (Å²) in [5, 5.41) is 4.43. The van der Waals surface area contributed by atoms with E-state index in [0.717, 1.165) is 11.1 Å². The van der Waals surface area contributed by atoms with Gasteiger partial charge in [-0.2, -0.15) is 0 Å². The molecule has 0 N–H and O–H groups in total. The third-order valence-electron chi connectivity index (χ3n) is 2.07. The molecule has 0 spiro atoms. The zero-order valence-electron chi connectivity index (χ0n) is 7.51. The van der Waals surface area contributed by atoms with Gasteiger partial charge < -0.3 is 4.74 Å². The maximum absolute atomic E-state index is 5.28. The van der Waals surface area contributed by atoms with Crippen LogP contribution in [0.15, 0.2) is 17.5 Å². The van der Waals surface area contributed by atoms with E-state index >= 15 is 0 Å². The standard InChI is InChI=1S/C10H8BrIOS/c1-13-9-3-10-7(2-8(9)12)6(4-11)5-14-10/h2-3,5H,4H2,1H3. The molecular weight excluding hydrogens is 375 g/mol. The van der Waals surface area contributed by atoms with Crippen LogP contribution in [0.2, 0.25) is 0 Å². The van der Waals surface area contributed by atoms with Crippen LogP contribution in [0.4, 0.5) is 0 Å². The topological polar surface area (TPSA) is 9.23 Å². The third kappa shape index (κ3) is 1.79. The fourth-order valence-corrected chi connectivity index (χ4v) is 3.68. The monoisotopic (exact) mass is 382 g/mol. The highest BCUT2D eigenvalue weighted by atomic mass is 127. The van der Waals surface area contributed by atoms with Crippen LogP contribution < -0.4 is 4.74 Å². The Hall–Kier alpha value is 0.190. The Balaban J connectivity index is 2.69. The van der Waals surface area contributed by atoms with Crippen LogP contribution >= 0.6 is 49.9 Å². The van der Waals surface area contributed by atoms with Crippen LogP contribution in [0.25, 0.3) is 10.1 Å². The molecule has 0 aliphatic rings. The molecule has 1 aromatic carbocycles. The van der Waals surface area contributed by atoms with Crippen molar-refractivity contribution in [3.8, 4) is 5.75 Å². The lowest BCUT2D eigenvalue weighted by atomic mass is 10.2. The number of hydrogen-bond acceptors (Lipinski definition) is 2. The number of halogens is 2. The van der Waals surface area contributed by atoms with Crippen molar-refractivity contribution >= 4 is 59.9 Å². The molecule has 0 aliphatic carbocycles. The molecule has 1 heterocycles. The van der Waals surface area contributed by atoms with Gasteiger partial charge in [-0.05, 0) is 51.1 Å². The van der Waals surface area contributed by atoms with Crippen molar-refractivity contribution in [3.63, 3.8) is 0 Å². The van der Waals surface area contributed by atoms with Gasteiger partial charge in [0.05, 0.1) is 10.7 Å². The summed E-state index contributed by atoms with van der Waals surface area (Å²) in [5.74, 6) is 0.959. The molecule has 2 rings (SSSR count). The number of ether oxygens (including phenoxy) is 1. The summed E-state index contributed by atoms with van der Waals surface area (Å²) in [6.07, 6.45) is 0. The highest BCUT2D eigenvalue weighted by molar-refractivity contribution is 14.1. The van der Waals surface area contributed by atoms with Gasteiger partial charge in [0.25, 0.3) is 0 Å². The molecule has 2 aromatic rings. The first kappa shape index (κ1) is 10.7. The van der Waals surface area contributed by atoms with E-state index in [9.17, 15) is 0 Å². The lowest BCUT2D eigenvalue weighted by molar-refractivity contribution is 0.412. The average molecular weight is 383 g/mol. The minimum Gasteiger partial charge on any atom is -0.496 e. The maximum Gasteiger partial charge on any atom is 0.133 e. The Morgan fingerprint density at radius 2 is 2.29 bits per heavy atom. The summed E-state index contributed by atoms with van der Waals surface area (Å²) < 4.78 is 7.74. The molecule has 0 fully saturated rings. The molecule has 0 unspecified atom stereocenters. The van der Waals surface area contributed by atoms with Crippen LogP contribution in [-0.4, -0.2) is 7.11 Å². The third-order valence-corrected chi connectivity index (χ3v) is 4.51. The van der Waals surface area contributed by atoms with Gasteiger partial charge in [-0.3, -0.25) is 0 Å². The summed E-state index contributed by atoms with van der Waals surface area (Å²) in [6, 6.07) is 4.29. The molecule has 0 atom stereocenters. The lowest BCUT2D eigenvalue weighted by Gasteiger charge is -2.03. The highest BCUT2D eigenvalue weighted by Crippen LogP contribution is 2.33. The number of benzene rings is 1. The fourth-order valence-electron chi connectivity index (χ4n) is 1.34. The molecule has 1 aromatic heterocycles. The molecule has 0 saturated heterocycles. The van der Waals surface area contributed by atoms with Crippen molar-refractivity contribution in [2.45, 2.75) is 5.33 Å². The predicted octanol–water partition coefficient (Wildman–Crippen LogP) is 4.41.